The minimum Gasteiger partial charge on any atom is -0.444 e. The van der Waals surface area contributed by atoms with Crippen LogP contribution in [0.5, 0.6) is 0 Å². The van der Waals surface area contributed by atoms with Gasteiger partial charge in [-0.15, -0.1) is 0 Å². The fraction of sp³-hybridized carbons (Fsp3) is 0.476. The highest BCUT2D eigenvalue weighted by Crippen LogP contribution is 2.32. The minimum absolute atomic E-state index is 0.319. The third kappa shape index (κ3) is 5.91. The van der Waals surface area contributed by atoms with Crippen LogP contribution in [0.25, 0.3) is 0 Å². The Hall–Kier alpha value is -2.68. The number of ether oxygens (including phenoxy) is 1. The summed E-state index contributed by atoms with van der Waals surface area (Å²) >= 11 is 1.44. The molecule has 0 atom stereocenters. The van der Waals surface area contributed by atoms with Crippen molar-refractivity contribution in [3.8, 4) is 0 Å². The summed E-state index contributed by atoms with van der Waals surface area (Å²) in [4.78, 5) is 24.3. The van der Waals surface area contributed by atoms with Gasteiger partial charge in [-0.1, -0.05) is 17.8 Å². The SMILES string of the molecule is CC1(NC(=O)OC(C)(C)C)CCN(c2cnc(Sc3cccc(N)c3)c(N)n2)CC1. The molecule has 9 heteroatoms. The Morgan fingerprint density at radius 3 is 2.57 bits per heavy atom. The molecule has 3 rings (SSSR count). The number of nitrogens with two attached hydrogens (primary N) is 2. The molecule has 1 aromatic carbocycles. The van der Waals surface area contributed by atoms with Crippen LogP contribution in [0.15, 0.2) is 40.4 Å². The molecule has 1 amide bonds. The maximum atomic E-state index is 12.1. The second kappa shape index (κ2) is 8.59. The molecule has 8 nitrogen and oxygen atoms in total. The number of rotatable bonds is 4. The third-order valence-corrected chi connectivity index (χ3v) is 5.82. The van der Waals surface area contributed by atoms with E-state index in [1.807, 2.05) is 52.0 Å². The third-order valence-electron chi connectivity index (χ3n) is 4.82. The molecule has 0 aliphatic carbocycles. The van der Waals surface area contributed by atoms with Gasteiger partial charge >= 0.3 is 6.09 Å². The van der Waals surface area contributed by atoms with Crippen molar-refractivity contribution in [2.24, 2.45) is 0 Å². The highest BCUT2D eigenvalue weighted by atomic mass is 32.2. The molecular formula is C21H30N6O2S. The average molecular weight is 431 g/mol. The fourth-order valence-electron chi connectivity index (χ4n) is 3.21. The van der Waals surface area contributed by atoms with Gasteiger partial charge in [-0.2, -0.15) is 0 Å². The van der Waals surface area contributed by atoms with E-state index in [1.165, 1.54) is 11.8 Å². The molecule has 1 aliphatic heterocycles. The first kappa shape index (κ1) is 22.0. The minimum atomic E-state index is -0.514. The lowest BCUT2D eigenvalue weighted by Crippen LogP contribution is -2.54. The lowest BCUT2D eigenvalue weighted by atomic mass is 9.90. The maximum Gasteiger partial charge on any atom is 0.408 e. The predicted octanol–water partition coefficient (Wildman–Crippen LogP) is 3.68. The predicted molar refractivity (Wildman–Crippen MR) is 121 cm³/mol. The zero-order chi connectivity index (χ0) is 21.9. The maximum absolute atomic E-state index is 12.1. The van der Waals surface area contributed by atoms with Gasteiger partial charge in [0.1, 0.15) is 16.4 Å². The topological polar surface area (TPSA) is 119 Å². The lowest BCUT2D eigenvalue weighted by Gasteiger charge is -2.40. The quantitative estimate of drug-likeness (QED) is 0.629. The largest absolute Gasteiger partial charge is 0.444 e. The van der Waals surface area contributed by atoms with Crippen molar-refractivity contribution in [1.29, 1.82) is 0 Å². The first-order valence-corrected chi connectivity index (χ1v) is 10.8. The van der Waals surface area contributed by atoms with Crippen LogP contribution in [0.4, 0.5) is 22.1 Å². The van der Waals surface area contributed by atoms with Crippen LogP contribution >= 0.6 is 11.8 Å². The van der Waals surface area contributed by atoms with E-state index in [4.69, 9.17) is 16.2 Å². The average Bonchev–Trinajstić information content (AvgIpc) is 2.62. The normalized spacial score (nSPS) is 16.2. The summed E-state index contributed by atoms with van der Waals surface area (Å²) in [6.07, 6.45) is 2.90. The summed E-state index contributed by atoms with van der Waals surface area (Å²) in [6.45, 7) is 9.09. The zero-order valence-electron chi connectivity index (χ0n) is 17.9. The van der Waals surface area contributed by atoms with Crippen molar-refractivity contribution in [3.05, 3.63) is 30.5 Å². The van der Waals surface area contributed by atoms with Gasteiger partial charge in [0.05, 0.1) is 6.20 Å². The number of amides is 1. The smallest absolute Gasteiger partial charge is 0.408 e. The second-order valence-electron chi connectivity index (χ2n) is 8.77. The summed E-state index contributed by atoms with van der Waals surface area (Å²) in [5.41, 5.74) is 11.9. The van der Waals surface area contributed by atoms with Crippen molar-refractivity contribution in [2.45, 2.75) is 61.6 Å². The Kier molecular flexibility index (Phi) is 6.30. The number of hydrogen-bond donors (Lipinski definition) is 3. The number of benzene rings is 1. The van der Waals surface area contributed by atoms with Crippen LogP contribution in [0.1, 0.15) is 40.5 Å². The number of anilines is 3. The highest BCUT2D eigenvalue weighted by Gasteiger charge is 2.33. The molecule has 0 unspecified atom stereocenters. The molecule has 5 N–H and O–H groups in total. The van der Waals surface area contributed by atoms with E-state index in [9.17, 15) is 4.79 Å². The van der Waals surface area contributed by atoms with Crippen molar-refractivity contribution < 1.29 is 9.53 Å². The van der Waals surface area contributed by atoms with Gasteiger partial charge in [-0.25, -0.2) is 14.8 Å². The van der Waals surface area contributed by atoms with Crippen LogP contribution in [-0.2, 0) is 4.74 Å². The second-order valence-corrected chi connectivity index (χ2v) is 9.83. The van der Waals surface area contributed by atoms with Crippen LogP contribution in [0.2, 0.25) is 0 Å². The zero-order valence-corrected chi connectivity index (χ0v) is 18.8. The number of nitrogen functional groups attached to an aromatic ring is 2. The summed E-state index contributed by atoms with van der Waals surface area (Å²) in [6, 6.07) is 7.57. The van der Waals surface area contributed by atoms with E-state index in [2.05, 4.69) is 20.2 Å². The van der Waals surface area contributed by atoms with Crippen molar-refractivity contribution in [1.82, 2.24) is 15.3 Å². The Morgan fingerprint density at radius 1 is 1.27 bits per heavy atom. The van der Waals surface area contributed by atoms with Gasteiger partial charge in [0.2, 0.25) is 0 Å². The molecular weight excluding hydrogens is 400 g/mol. The summed E-state index contributed by atoms with van der Waals surface area (Å²) < 4.78 is 5.39. The van der Waals surface area contributed by atoms with Crippen molar-refractivity contribution >= 4 is 35.2 Å². The highest BCUT2D eigenvalue weighted by molar-refractivity contribution is 7.99. The van der Waals surface area contributed by atoms with Crippen LogP contribution in [-0.4, -0.2) is 40.3 Å². The molecule has 1 aliphatic rings. The Morgan fingerprint density at radius 2 is 1.97 bits per heavy atom. The standard InChI is InChI=1S/C21H30N6O2S/c1-20(2,3)29-19(28)26-21(4)8-10-27(11-9-21)16-13-24-18(17(23)25-16)30-15-7-5-6-14(22)12-15/h5-7,12-13H,8-11,22H2,1-4H3,(H2,23,25)(H,26,28). The van der Waals surface area contributed by atoms with Gasteiger partial charge < -0.3 is 26.4 Å². The molecule has 2 aromatic rings. The van der Waals surface area contributed by atoms with Crippen LogP contribution in [0.3, 0.4) is 0 Å². The van der Waals surface area contributed by atoms with Gasteiger partial charge in [0.15, 0.2) is 5.82 Å². The molecule has 0 bridgehead atoms. The van der Waals surface area contributed by atoms with E-state index < -0.39 is 5.60 Å². The molecule has 0 radical (unpaired) electrons. The van der Waals surface area contributed by atoms with E-state index >= 15 is 0 Å². The van der Waals surface area contributed by atoms with E-state index in [-0.39, 0.29) is 11.6 Å². The lowest BCUT2D eigenvalue weighted by molar-refractivity contribution is 0.0448. The molecule has 0 saturated carbocycles. The monoisotopic (exact) mass is 430 g/mol. The van der Waals surface area contributed by atoms with E-state index in [1.54, 1.807) is 6.20 Å². The van der Waals surface area contributed by atoms with Crippen LogP contribution in [0, 0.1) is 0 Å². The molecule has 2 heterocycles. The fourth-order valence-corrected chi connectivity index (χ4v) is 4.03. The number of carbonyl (C=O) groups excluding carboxylic acids is 1. The van der Waals surface area contributed by atoms with Crippen LogP contribution < -0.4 is 21.7 Å². The number of aromatic nitrogens is 2. The van der Waals surface area contributed by atoms with Gasteiger partial charge in [-0.3, -0.25) is 0 Å². The first-order valence-electron chi connectivity index (χ1n) is 9.95. The Balaban J connectivity index is 1.60. The molecule has 162 valence electrons. The Labute approximate surface area is 181 Å². The molecule has 30 heavy (non-hydrogen) atoms. The van der Waals surface area contributed by atoms with Crippen molar-refractivity contribution in [3.63, 3.8) is 0 Å². The first-order chi connectivity index (χ1) is 14.0. The molecule has 1 aromatic heterocycles. The Bertz CT molecular complexity index is 907. The number of nitrogens with one attached hydrogen (secondary N) is 1. The number of piperidine rings is 1. The van der Waals surface area contributed by atoms with Gasteiger partial charge in [-0.05, 0) is 58.7 Å². The van der Waals surface area contributed by atoms with Gasteiger partial charge in [0.25, 0.3) is 0 Å². The van der Waals surface area contributed by atoms with E-state index in [0.717, 1.165) is 36.6 Å². The van der Waals surface area contributed by atoms with Crippen molar-refractivity contribution in [2.75, 3.05) is 29.5 Å². The molecule has 0 spiro atoms. The van der Waals surface area contributed by atoms with Gasteiger partial charge in [0, 0.05) is 29.2 Å². The number of hydrogen-bond acceptors (Lipinski definition) is 8. The number of alkyl carbamates (subject to hydrolysis) is 1. The number of carbonyl (C=O) groups is 1. The summed E-state index contributed by atoms with van der Waals surface area (Å²) in [7, 11) is 0. The number of nitrogens with zero attached hydrogens (tertiary/aromatic N) is 3. The summed E-state index contributed by atoms with van der Waals surface area (Å²) in [5, 5.41) is 3.66. The van der Waals surface area contributed by atoms with E-state index in [0.29, 0.717) is 16.5 Å². The summed E-state index contributed by atoms with van der Waals surface area (Å²) in [5.74, 6) is 1.13. The molecule has 1 fully saturated rings. The molecule has 1 saturated heterocycles.